The second kappa shape index (κ2) is 2.83. The van der Waals surface area contributed by atoms with Crippen LogP contribution in [0.4, 0.5) is 5.69 Å². The average molecular weight is 222 g/mol. The Balaban J connectivity index is 2.31. The molecule has 0 bridgehead atoms. The molecule has 0 aliphatic heterocycles. The zero-order chi connectivity index (χ0) is 11.4. The first-order valence-corrected chi connectivity index (χ1v) is 5.51. The maximum absolute atomic E-state index is 5.78. The van der Waals surface area contributed by atoms with Gasteiger partial charge < -0.3 is 15.1 Å². The third-order valence-electron chi connectivity index (χ3n) is 3.16. The van der Waals surface area contributed by atoms with Gasteiger partial charge in [0.15, 0.2) is 0 Å². The molecule has 0 saturated heterocycles. The first-order valence-electron chi connectivity index (χ1n) is 5.51. The third kappa shape index (κ3) is 1.05. The molecule has 0 spiro atoms. The Hall–Kier alpha value is -2.42. The van der Waals surface area contributed by atoms with Crippen LogP contribution >= 0.6 is 0 Å². The van der Waals surface area contributed by atoms with E-state index in [1.807, 2.05) is 36.4 Å². The molecule has 0 saturated carbocycles. The minimum Gasteiger partial charge on any atom is -0.440 e. The number of aromatic nitrogens is 1. The minimum absolute atomic E-state index is 0.755. The van der Waals surface area contributed by atoms with Gasteiger partial charge in [0.1, 0.15) is 5.58 Å². The van der Waals surface area contributed by atoms with Crippen LogP contribution in [0.2, 0.25) is 0 Å². The molecule has 0 aliphatic carbocycles. The standard InChI is InChI=1S/C14H10N2O/c15-8-5-6-9-11(7-8)16-14-13(9)10-3-1-2-4-12(10)17-14/h1-7,16H,15H2. The maximum Gasteiger partial charge on any atom is 0.206 e. The van der Waals surface area contributed by atoms with E-state index in [9.17, 15) is 0 Å². The number of nitrogens with one attached hydrogen (secondary N) is 1. The zero-order valence-electron chi connectivity index (χ0n) is 9.03. The molecule has 3 nitrogen and oxygen atoms in total. The Morgan fingerprint density at radius 2 is 1.88 bits per heavy atom. The molecule has 4 aromatic rings. The van der Waals surface area contributed by atoms with Crippen LogP contribution in [0.15, 0.2) is 46.9 Å². The van der Waals surface area contributed by atoms with Crippen molar-refractivity contribution in [3.05, 3.63) is 42.5 Å². The highest BCUT2D eigenvalue weighted by molar-refractivity contribution is 6.18. The van der Waals surface area contributed by atoms with E-state index in [1.165, 1.54) is 0 Å². The van der Waals surface area contributed by atoms with Crippen molar-refractivity contribution in [3.8, 4) is 0 Å². The largest absolute Gasteiger partial charge is 0.440 e. The van der Waals surface area contributed by atoms with Gasteiger partial charge in [0.05, 0.1) is 10.9 Å². The molecule has 3 N–H and O–H groups in total. The van der Waals surface area contributed by atoms with Crippen LogP contribution in [0.5, 0.6) is 0 Å². The summed E-state index contributed by atoms with van der Waals surface area (Å²) >= 11 is 0. The molecule has 2 aromatic carbocycles. The quantitative estimate of drug-likeness (QED) is 0.446. The predicted octanol–water partition coefficient (Wildman–Crippen LogP) is 3.65. The molecule has 0 radical (unpaired) electrons. The molecule has 0 fully saturated rings. The summed E-state index contributed by atoms with van der Waals surface area (Å²) in [6, 6.07) is 13.9. The fraction of sp³-hybridized carbons (Fsp3) is 0. The van der Waals surface area contributed by atoms with Crippen molar-refractivity contribution < 1.29 is 4.42 Å². The molecule has 3 heteroatoms. The fourth-order valence-electron chi connectivity index (χ4n) is 2.41. The Labute approximate surface area is 96.8 Å². The minimum atomic E-state index is 0.755. The summed E-state index contributed by atoms with van der Waals surface area (Å²) in [4.78, 5) is 3.26. The molecule has 4 rings (SSSR count). The van der Waals surface area contributed by atoms with Crippen molar-refractivity contribution >= 4 is 38.7 Å². The van der Waals surface area contributed by atoms with Crippen LogP contribution in [-0.2, 0) is 0 Å². The second-order valence-corrected chi connectivity index (χ2v) is 4.23. The molecule has 0 unspecified atom stereocenters. The highest BCUT2D eigenvalue weighted by Crippen LogP contribution is 2.34. The second-order valence-electron chi connectivity index (χ2n) is 4.23. The van der Waals surface area contributed by atoms with Gasteiger partial charge in [-0.2, -0.15) is 0 Å². The van der Waals surface area contributed by atoms with E-state index in [1.54, 1.807) is 0 Å². The number of fused-ring (bicyclic) bond motifs is 5. The van der Waals surface area contributed by atoms with Crippen LogP contribution < -0.4 is 5.73 Å². The van der Waals surface area contributed by atoms with Gasteiger partial charge in [0.25, 0.3) is 0 Å². The monoisotopic (exact) mass is 222 g/mol. The number of rotatable bonds is 0. The number of H-pyrrole nitrogens is 1. The predicted molar refractivity (Wildman–Crippen MR) is 70.0 cm³/mol. The third-order valence-corrected chi connectivity index (χ3v) is 3.16. The summed E-state index contributed by atoms with van der Waals surface area (Å²) in [6.45, 7) is 0. The number of para-hydroxylation sites is 1. The van der Waals surface area contributed by atoms with Crippen molar-refractivity contribution in [1.29, 1.82) is 0 Å². The van der Waals surface area contributed by atoms with E-state index in [2.05, 4.69) is 11.1 Å². The normalized spacial score (nSPS) is 11.8. The summed E-state index contributed by atoms with van der Waals surface area (Å²) in [5.74, 6) is 0. The van der Waals surface area contributed by atoms with E-state index in [0.717, 1.165) is 38.7 Å². The van der Waals surface area contributed by atoms with Crippen molar-refractivity contribution in [2.45, 2.75) is 0 Å². The number of benzene rings is 2. The molecule has 0 atom stereocenters. The number of nitrogen functional groups attached to an aromatic ring is 1. The van der Waals surface area contributed by atoms with Crippen molar-refractivity contribution in [2.24, 2.45) is 0 Å². The van der Waals surface area contributed by atoms with E-state index < -0.39 is 0 Å². The topological polar surface area (TPSA) is 55.0 Å². The van der Waals surface area contributed by atoms with Gasteiger partial charge in [-0.15, -0.1) is 0 Å². The summed E-state index contributed by atoms with van der Waals surface area (Å²) in [6.07, 6.45) is 0. The summed E-state index contributed by atoms with van der Waals surface area (Å²) in [7, 11) is 0. The Morgan fingerprint density at radius 1 is 1.00 bits per heavy atom. The first kappa shape index (κ1) is 8.70. The highest BCUT2D eigenvalue weighted by Gasteiger charge is 2.12. The van der Waals surface area contributed by atoms with Gasteiger partial charge in [0, 0.05) is 16.5 Å². The Morgan fingerprint density at radius 3 is 2.82 bits per heavy atom. The van der Waals surface area contributed by atoms with Crippen LogP contribution in [0.1, 0.15) is 0 Å². The number of hydrogen-bond acceptors (Lipinski definition) is 2. The number of furan rings is 1. The number of aromatic amines is 1. The SMILES string of the molecule is Nc1ccc2c(c1)[nH]c1oc3ccccc3c12. The molecular weight excluding hydrogens is 212 g/mol. The van der Waals surface area contributed by atoms with Crippen LogP contribution in [-0.4, -0.2) is 4.98 Å². The number of anilines is 1. The van der Waals surface area contributed by atoms with Gasteiger partial charge in [0.2, 0.25) is 5.71 Å². The lowest BCUT2D eigenvalue weighted by Gasteiger charge is -1.93. The van der Waals surface area contributed by atoms with Crippen LogP contribution in [0.3, 0.4) is 0 Å². The van der Waals surface area contributed by atoms with Gasteiger partial charge >= 0.3 is 0 Å². The van der Waals surface area contributed by atoms with Crippen molar-refractivity contribution in [2.75, 3.05) is 5.73 Å². The van der Waals surface area contributed by atoms with Gasteiger partial charge in [-0.25, -0.2) is 0 Å². The van der Waals surface area contributed by atoms with Crippen LogP contribution in [0, 0.1) is 0 Å². The first-order chi connectivity index (χ1) is 8.33. The smallest absolute Gasteiger partial charge is 0.206 e. The van der Waals surface area contributed by atoms with Gasteiger partial charge in [-0.1, -0.05) is 24.3 Å². The molecule has 2 heterocycles. The molecule has 2 aromatic heterocycles. The van der Waals surface area contributed by atoms with Gasteiger partial charge in [-0.3, -0.25) is 0 Å². The fourth-order valence-corrected chi connectivity index (χ4v) is 2.41. The van der Waals surface area contributed by atoms with Crippen LogP contribution in [0.25, 0.3) is 33.0 Å². The summed E-state index contributed by atoms with van der Waals surface area (Å²) in [5.41, 5.74) is 9.27. The van der Waals surface area contributed by atoms with Gasteiger partial charge in [-0.05, 0) is 18.2 Å². The lowest BCUT2D eigenvalue weighted by atomic mass is 10.1. The molecule has 17 heavy (non-hydrogen) atoms. The Kier molecular flexibility index (Phi) is 1.45. The molecular formula is C14H10N2O. The van der Waals surface area contributed by atoms with E-state index in [-0.39, 0.29) is 0 Å². The van der Waals surface area contributed by atoms with E-state index in [0.29, 0.717) is 0 Å². The molecule has 0 aliphatic rings. The summed E-state index contributed by atoms with van der Waals surface area (Å²) in [5, 5.41) is 3.42. The lowest BCUT2D eigenvalue weighted by molar-refractivity contribution is 0.657. The molecule has 0 amide bonds. The number of nitrogens with two attached hydrogens (primary N) is 1. The summed E-state index contributed by atoms with van der Waals surface area (Å²) < 4.78 is 5.78. The number of hydrogen-bond donors (Lipinski definition) is 2. The zero-order valence-corrected chi connectivity index (χ0v) is 9.03. The lowest BCUT2D eigenvalue weighted by Crippen LogP contribution is -1.82. The highest BCUT2D eigenvalue weighted by atomic mass is 16.3. The van der Waals surface area contributed by atoms with E-state index in [4.69, 9.17) is 10.2 Å². The maximum atomic E-state index is 5.78. The average Bonchev–Trinajstić information content (AvgIpc) is 2.83. The van der Waals surface area contributed by atoms with Crippen molar-refractivity contribution in [1.82, 2.24) is 4.98 Å². The molecule has 82 valence electrons. The van der Waals surface area contributed by atoms with E-state index >= 15 is 0 Å². The Bertz CT molecular complexity index is 854. The van der Waals surface area contributed by atoms with Crippen molar-refractivity contribution in [3.63, 3.8) is 0 Å².